The lowest BCUT2D eigenvalue weighted by atomic mass is 9.96. The first-order valence-corrected chi connectivity index (χ1v) is 6.74. The van der Waals surface area contributed by atoms with Gasteiger partial charge in [0.1, 0.15) is 17.4 Å². The first-order chi connectivity index (χ1) is 9.15. The highest BCUT2D eigenvalue weighted by atomic mass is 79.9. The van der Waals surface area contributed by atoms with E-state index < -0.39 is 35.0 Å². The Balaban J connectivity index is 2.60. The second-order valence-corrected chi connectivity index (χ2v) is 6.04. The Labute approximate surface area is 123 Å². The highest BCUT2D eigenvalue weighted by Crippen LogP contribution is 2.34. The number of hydrogen-bond donors (Lipinski definition) is 1. The van der Waals surface area contributed by atoms with Gasteiger partial charge in [-0.15, -0.1) is 0 Å². The van der Waals surface area contributed by atoms with Crippen molar-refractivity contribution in [3.63, 3.8) is 0 Å². The number of piperazine rings is 1. The van der Waals surface area contributed by atoms with Gasteiger partial charge in [-0.1, -0.05) is 0 Å². The highest BCUT2D eigenvalue weighted by molar-refractivity contribution is 9.10. The number of anilines is 1. The molecule has 0 radical (unpaired) electrons. The molecule has 1 aliphatic heterocycles. The number of rotatable bonds is 1. The van der Waals surface area contributed by atoms with Crippen LogP contribution < -0.4 is 10.2 Å². The van der Waals surface area contributed by atoms with Crippen LogP contribution in [-0.2, 0) is 9.59 Å². The molecular weight excluding hydrogens is 334 g/mol. The topological polar surface area (TPSA) is 49.4 Å². The van der Waals surface area contributed by atoms with E-state index in [4.69, 9.17) is 0 Å². The van der Waals surface area contributed by atoms with E-state index in [1.807, 2.05) is 0 Å². The van der Waals surface area contributed by atoms with Crippen LogP contribution in [-0.4, -0.2) is 23.4 Å². The van der Waals surface area contributed by atoms with Crippen LogP contribution in [0, 0.1) is 11.6 Å². The number of nitrogens with one attached hydrogen (secondary N) is 1. The summed E-state index contributed by atoms with van der Waals surface area (Å²) in [6.45, 7) is 4.54. The van der Waals surface area contributed by atoms with Gasteiger partial charge >= 0.3 is 0 Å². The van der Waals surface area contributed by atoms with Crippen LogP contribution >= 0.6 is 15.9 Å². The van der Waals surface area contributed by atoms with Crippen LogP contribution in [0.1, 0.15) is 20.8 Å². The number of halogens is 3. The van der Waals surface area contributed by atoms with Crippen LogP contribution in [0.25, 0.3) is 0 Å². The number of nitrogens with zero attached hydrogens (tertiary/aromatic N) is 1. The van der Waals surface area contributed by atoms with Gasteiger partial charge in [-0.2, -0.15) is 0 Å². The first-order valence-electron chi connectivity index (χ1n) is 5.95. The molecule has 1 atom stereocenters. The molecule has 2 amide bonds. The van der Waals surface area contributed by atoms with Crippen molar-refractivity contribution in [2.24, 2.45) is 0 Å². The van der Waals surface area contributed by atoms with Crippen LogP contribution in [0.5, 0.6) is 0 Å². The van der Waals surface area contributed by atoms with Gasteiger partial charge in [0.05, 0.1) is 5.69 Å². The van der Waals surface area contributed by atoms with Crippen LogP contribution in [0.15, 0.2) is 16.6 Å². The van der Waals surface area contributed by atoms with Crippen molar-refractivity contribution in [2.75, 3.05) is 4.90 Å². The van der Waals surface area contributed by atoms with E-state index in [0.29, 0.717) is 6.07 Å². The van der Waals surface area contributed by atoms with E-state index in [-0.39, 0.29) is 10.2 Å². The summed E-state index contributed by atoms with van der Waals surface area (Å²) in [6, 6.07) is 0.851. The molecule has 1 N–H and O–H groups in total. The van der Waals surface area contributed by atoms with Gasteiger partial charge in [0, 0.05) is 10.5 Å². The number of carbonyl (C=O) groups is 2. The number of hydrogen-bond acceptors (Lipinski definition) is 2. The summed E-state index contributed by atoms with van der Waals surface area (Å²) in [4.78, 5) is 25.4. The molecule has 1 unspecified atom stereocenters. The molecule has 0 saturated carbocycles. The standard InChI is InChI=1S/C13H13BrF2N2O2/c1-6-11(19)17-13(2,3)12(20)18(6)10-8(14)4-7(15)5-9(10)16/h4-6H,1-3H3,(H,17,19). The van der Waals surface area contributed by atoms with Crippen molar-refractivity contribution in [2.45, 2.75) is 32.4 Å². The third kappa shape index (κ3) is 2.30. The quantitative estimate of drug-likeness (QED) is 0.848. The number of carbonyl (C=O) groups excluding carboxylic acids is 2. The molecule has 1 aromatic rings. The van der Waals surface area contributed by atoms with Crippen molar-refractivity contribution in [3.05, 3.63) is 28.2 Å². The summed E-state index contributed by atoms with van der Waals surface area (Å²) >= 11 is 3.04. The van der Waals surface area contributed by atoms with Crippen molar-refractivity contribution in [1.82, 2.24) is 5.32 Å². The molecule has 1 aliphatic rings. The smallest absolute Gasteiger partial charge is 0.253 e. The maximum absolute atomic E-state index is 14.0. The van der Waals surface area contributed by atoms with E-state index in [9.17, 15) is 18.4 Å². The molecule has 7 heteroatoms. The van der Waals surface area contributed by atoms with Gasteiger partial charge in [0.25, 0.3) is 5.91 Å². The number of benzene rings is 1. The SMILES string of the molecule is CC1C(=O)NC(C)(C)C(=O)N1c1c(F)cc(F)cc1Br. The Morgan fingerprint density at radius 1 is 1.30 bits per heavy atom. The van der Waals surface area contributed by atoms with Crippen LogP contribution in [0.2, 0.25) is 0 Å². The molecule has 1 aromatic carbocycles. The summed E-state index contributed by atoms with van der Waals surface area (Å²) in [7, 11) is 0. The van der Waals surface area contributed by atoms with Crippen molar-refractivity contribution < 1.29 is 18.4 Å². The third-order valence-corrected chi connectivity index (χ3v) is 3.78. The summed E-state index contributed by atoms with van der Waals surface area (Å²) in [5, 5.41) is 2.56. The molecule has 108 valence electrons. The van der Waals surface area contributed by atoms with Crippen molar-refractivity contribution in [3.8, 4) is 0 Å². The van der Waals surface area contributed by atoms with E-state index in [1.54, 1.807) is 0 Å². The van der Waals surface area contributed by atoms with Crippen LogP contribution in [0.4, 0.5) is 14.5 Å². The zero-order valence-electron chi connectivity index (χ0n) is 11.1. The second-order valence-electron chi connectivity index (χ2n) is 5.18. The molecule has 1 saturated heterocycles. The summed E-state index contributed by atoms with van der Waals surface area (Å²) in [6.07, 6.45) is 0. The normalized spacial score (nSPS) is 21.9. The van der Waals surface area contributed by atoms with Gasteiger partial charge in [-0.05, 0) is 42.8 Å². The second kappa shape index (κ2) is 4.80. The minimum atomic E-state index is -1.15. The lowest BCUT2D eigenvalue weighted by molar-refractivity contribution is -0.136. The minimum Gasteiger partial charge on any atom is -0.340 e. The summed E-state index contributed by atoms with van der Waals surface area (Å²) in [5.41, 5.74) is -1.28. The van der Waals surface area contributed by atoms with Gasteiger partial charge < -0.3 is 5.32 Å². The molecule has 20 heavy (non-hydrogen) atoms. The lowest BCUT2D eigenvalue weighted by Gasteiger charge is -2.41. The van der Waals surface area contributed by atoms with Gasteiger partial charge in [-0.25, -0.2) is 8.78 Å². The van der Waals surface area contributed by atoms with Gasteiger partial charge in [-0.3, -0.25) is 14.5 Å². The van der Waals surface area contributed by atoms with Crippen LogP contribution in [0.3, 0.4) is 0 Å². The molecule has 1 heterocycles. The maximum Gasteiger partial charge on any atom is 0.253 e. The molecular formula is C13H13BrF2N2O2. The molecule has 4 nitrogen and oxygen atoms in total. The maximum atomic E-state index is 14.0. The monoisotopic (exact) mass is 346 g/mol. The van der Waals surface area contributed by atoms with E-state index in [2.05, 4.69) is 21.2 Å². The van der Waals surface area contributed by atoms with Crippen molar-refractivity contribution >= 4 is 33.4 Å². The predicted octanol–water partition coefficient (Wildman–Crippen LogP) is 2.36. The van der Waals surface area contributed by atoms with E-state index >= 15 is 0 Å². The first kappa shape index (κ1) is 14.9. The zero-order valence-corrected chi connectivity index (χ0v) is 12.7. The Hall–Kier alpha value is -1.50. The molecule has 0 spiro atoms. The summed E-state index contributed by atoms with van der Waals surface area (Å²) < 4.78 is 27.3. The molecule has 0 aliphatic carbocycles. The fraction of sp³-hybridized carbons (Fsp3) is 0.385. The lowest BCUT2D eigenvalue weighted by Crippen LogP contribution is -2.67. The predicted molar refractivity (Wildman–Crippen MR) is 73.2 cm³/mol. The fourth-order valence-corrected chi connectivity index (χ4v) is 2.72. The van der Waals surface area contributed by atoms with E-state index in [1.165, 1.54) is 20.8 Å². The average Bonchev–Trinajstić information content (AvgIpc) is 2.29. The van der Waals surface area contributed by atoms with E-state index in [0.717, 1.165) is 11.0 Å². The van der Waals surface area contributed by atoms with Gasteiger partial charge in [0.2, 0.25) is 5.91 Å². The Morgan fingerprint density at radius 2 is 1.90 bits per heavy atom. The number of amides is 2. The highest BCUT2D eigenvalue weighted by Gasteiger charge is 2.45. The third-order valence-electron chi connectivity index (χ3n) is 3.18. The Bertz CT molecular complexity index is 581. The zero-order chi connectivity index (χ0) is 15.2. The fourth-order valence-electron chi connectivity index (χ4n) is 2.12. The molecule has 0 aromatic heterocycles. The Morgan fingerprint density at radius 3 is 2.45 bits per heavy atom. The average molecular weight is 347 g/mol. The molecule has 2 rings (SSSR count). The molecule has 1 fully saturated rings. The molecule has 0 bridgehead atoms. The summed E-state index contributed by atoms with van der Waals surface area (Å²) in [5.74, 6) is -2.53. The van der Waals surface area contributed by atoms with Gasteiger partial charge in [0.15, 0.2) is 5.82 Å². The largest absolute Gasteiger partial charge is 0.340 e. The Kier molecular flexibility index (Phi) is 3.58. The minimum absolute atomic E-state index is 0.0840. The van der Waals surface area contributed by atoms with Crippen molar-refractivity contribution in [1.29, 1.82) is 0 Å².